The number of aryl methyl sites for hydroxylation is 1. The summed E-state index contributed by atoms with van der Waals surface area (Å²) in [5.41, 5.74) is 9.31. The molecule has 1 fully saturated rings. The van der Waals surface area contributed by atoms with Gasteiger partial charge in [-0.1, -0.05) is 64.0 Å². The molecular weight excluding hydrogens is 470 g/mol. The van der Waals surface area contributed by atoms with Gasteiger partial charge in [0.05, 0.1) is 11.6 Å². The molecule has 1 aliphatic heterocycles. The van der Waals surface area contributed by atoms with E-state index >= 15 is 0 Å². The highest BCUT2D eigenvalue weighted by Crippen LogP contribution is 2.29. The maximum absolute atomic E-state index is 12.8. The van der Waals surface area contributed by atoms with Crippen LogP contribution in [0.2, 0.25) is 0 Å². The lowest BCUT2D eigenvalue weighted by molar-refractivity contribution is -0.125. The lowest BCUT2D eigenvalue weighted by Gasteiger charge is -2.18. The zero-order valence-corrected chi connectivity index (χ0v) is 19.3. The molecule has 1 heterocycles. The lowest BCUT2D eigenvalue weighted by atomic mass is 10.1. The van der Waals surface area contributed by atoms with E-state index in [0.717, 1.165) is 21.3 Å². The molecule has 6 nitrogen and oxygen atoms in total. The molecule has 1 saturated heterocycles. The van der Waals surface area contributed by atoms with Crippen LogP contribution in [-0.4, -0.2) is 18.4 Å². The van der Waals surface area contributed by atoms with Gasteiger partial charge in [-0.2, -0.15) is 0 Å². The Kier molecular flexibility index (Phi) is 6.75. The predicted octanol–water partition coefficient (Wildman–Crippen LogP) is 4.83. The summed E-state index contributed by atoms with van der Waals surface area (Å²) in [5.74, 6) is -0.108. The van der Waals surface area contributed by atoms with Crippen LogP contribution in [0.1, 0.15) is 17.5 Å². The van der Waals surface area contributed by atoms with E-state index < -0.39 is 5.92 Å². The van der Waals surface area contributed by atoms with E-state index in [1.807, 2.05) is 79.7 Å². The fourth-order valence-corrected chi connectivity index (χ4v) is 3.91. The molecule has 0 spiro atoms. The quantitative estimate of drug-likeness (QED) is 0.462. The van der Waals surface area contributed by atoms with Crippen molar-refractivity contribution in [2.45, 2.75) is 20.0 Å². The fourth-order valence-electron chi connectivity index (χ4n) is 3.55. The number of halogens is 1. The Labute approximate surface area is 195 Å². The van der Waals surface area contributed by atoms with Gasteiger partial charge >= 0.3 is 0 Å². The molecule has 2 amide bonds. The number of anilines is 2. The van der Waals surface area contributed by atoms with Crippen molar-refractivity contribution in [2.24, 2.45) is 5.92 Å². The highest BCUT2D eigenvalue weighted by atomic mass is 79.9. The average Bonchev–Trinajstić information content (AvgIpc) is 3.19. The Morgan fingerprint density at radius 3 is 2.59 bits per heavy atom. The van der Waals surface area contributed by atoms with Gasteiger partial charge < -0.3 is 9.64 Å². The van der Waals surface area contributed by atoms with E-state index in [9.17, 15) is 9.59 Å². The van der Waals surface area contributed by atoms with Crippen LogP contribution < -0.4 is 20.5 Å². The minimum Gasteiger partial charge on any atom is -0.487 e. The molecule has 0 aromatic heterocycles. The van der Waals surface area contributed by atoms with Gasteiger partial charge in [0, 0.05) is 23.1 Å². The van der Waals surface area contributed by atoms with Gasteiger partial charge in [-0.05, 0) is 42.8 Å². The lowest BCUT2D eigenvalue weighted by Crippen LogP contribution is -2.36. The van der Waals surface area contributed by atoms with Crippen LogP contribution in [0.3, 0.4) is 0 Å². The van der Waals surface area contributed by atoms with Crippen molar-refractivity contribution >= 4 is 39.1 Å². The van der Waals surface area contributed by atoms with E-state index in [-0.39, 0.29) is 18.2 Å². The molecule has 0 unspecified atom stereocenters. The summed E-state index contributed by atoms with van der Waals surface area (Å²) in [4.78, 5) is 26.9. The zero-order valence-electron chi connectivity index (χ0n) is 17.7. The normalized spacial score (nSPS) is 15.5. The number of carbonyl (C=O) groups is 2. The number of nitrogens with zero attached hydrogens (tertiary/aromatic N) is 1. The molecule has 0 saturated carbocycles. The van der Waals surface area contributed by atoms with E-state index in [4.69, 9.17) is 4.74 Å². The van der Waals surface area contributed by atoms with Crippen molar-refractivity contribution in [1.82, 2.24) is 5.43 Å². The van der Waals surface area contributed by atoms with Crippen molar-refractivity contribution in [2.75, 3.05) is 16.9 Å². The number of hydrogen-bond donors (Lipinski definition) is 2. The number of nitrogens with one attached hydrogen (secondary N) is 2. The number of ether oxygens (including phenoxy) is 1. The number of rotatable bonds is 7. The van der Waals surface area contributed by atoms with Gasteiger partial charge in [-0.15, -0.1) is 0 Å². The van der Waals surface area contributed by atoms with Crippen molar-refractivity contribution in [3.63, 3.8) is 0 Å². The molecule has 3 aromatic rings. The van der Waals surface area contributed by atoms with Crippen molar-refractivity contribution in [1.29, 1.82) is 0 Å². The molecule has 0 bridgehead atoms. The van der Waals surface area contributed by atoms with Gasteiger partial charge in [0.1, 0.15) is 12.4 Å². The van der Waals surface area contributed by atoms with Gasteiger partial charge in [0.25, 0.3) is 0 Å². The Morgan fingerprint density at radius 1 is 1.09 bits per heavy atom. The molecular formula is C25H24BrN3O3. The third-order valence-electron chi connectivity index (χ3n) is 5.34. The largest absolute Gasteiger partial charge is 0.487 e. The summed E-state index contributed by atoms with van der Waals surface area (Å²) in [7, 11) is 0. The third kappa shape index (κ3) is 5.29. The van der Waals surface area contributed by atoms with E-state index in [1.165, 1.54) is 0 Å². The second-order valence-electron chi connectivity index (χ2n) is 7.77. The second-order valence-corrected chi connectivity index (χ2v) is 8.69. The topological polar surface area (TPSA) is 70.7 Å². The number of hydrogen-bond acceptors (Lipinski definition) is 4. The van der Waals surface area contributed by atoms with Crippen LogP contribution in [0.5, 0.6) is 5.75 Å². The number of amides is 2. The summed E-state index contributed by atoms with van der Waals surface area (Å²) >= 11 is 3.45. The summed E-state index contributed by atoms with van der Waals surface area (Å²) in [6, 6.07) is 23.1. The van der Waals surface area contributed by atoms with Crippen LogP contribution in [-0.2, 0) is 16.2 Å². The number of hydrazine groups is 1. The molecule has 164 valence electrons. The smallest absolute Gasteiger partial charge is 0.243 e. The summed E-state index contributed by atoms with van der Waals surface area (Å²) in [5, 5.41) is 0. The Morgan fingerprint density at radius 2 is 1.84 bits per heavy atom. The van der Waals surface area contributed by atoms with Crippen molar-refractivity contribution in [3.8, 4) is 5.75 Å². The van der Waals surface area contributed by atoms with Gasteiger partial charge in [0.15, 0.2) is 0 Å². The van der Waals surface area contributed by atoms with Gasteiger partial charge in [-0.3, -0.25) is 20.4 Å². The molecule has 2 N–H and O–H groups in total. The van der Waals surface area contributed by atoms with Crippen LogP contribution in [0, 0.1) is 12.8 Å². The van der Waals surface area contributed by atoms with Crippen LogP contribution in [0.15, 0.2) is 77.3 Å². The van der Waals surface area contributed by atoms with E-state index in [1.54, 1.807) is 4.90 Å². The van der Waals surface area contributed by atoms with Crippen LogP contribution in [0.25, 0.3) is 0 Å². The monoisotopic (exact) mass is 493 g/mol. The molecule has 3 aromatic carbocycles. The summed E-state index contributed by atoms with van der Waals surface area (Å²) in [6.07, 6.45) is 0.178. The maximum atomic E-state index is 12.8. The SMILES string of the molecule is Cc1ccc(N2C[C@H](C(=O)NNc3cc(Br)ccc3OCc3ccccc3)CC2=O)cc1. The molecule has 1 aliphatic rings. The Bertz CT molecular complexity index is 1100. The first-order chi connectivity index (χ1) is 15.5. The molecule has 1 atom stereocenters. The van der Waals surface area contributed by atoms with Crippen LogP contribution >= 0.6 is 15.9 Å². The summed E-state index contributed by atoms with van der Waals surface area (Å²) in [6.45, 7) is 2.76. The highest BCUT2D eigenvalue weighted by Gasteiger charge is 2.35. The van der Waals surface area contributed by atoms with Crippen LogP contribution in [0.4, 0.5) is 11.4 Å². The minimum atomic E-state index is -0.433. The second kappa shape index (κ2) is 9.87. The minimum absolute atomic E-state index is 0.0525. The molecule has 7 heteroatoms. The molecule has 4 rings (SSSR count). The first-order valence-corrected chi connectivity index (χ1v) is 11.2. The van der Waals surface area contributed by atoms with Crippen molar-refractivity contribution < 1.29 is 14.3 Å². The molecule has 0 aliphatic carbocycles. The highest BCUT2D eigenvalue weighted by molar-refractivity contribution is 9.10. The third-order valence-corrected chi connectivity index (χ3v) is 5.83. The number of carbonyl (C=O) groups excluding carboxylic acids is 2. The van der Waals surface area contributed by atoms with Gasteiger partial charge in [-0.25, -0.2) is 0 Å². The number of benzene rings is 3. The van der Waals surface area contributed by atoms with E-state index in [2.05, 4.69) is 26.8 Å². The Hall–Kier alpha value is -3.32. The summed E-state index contributed by atoms with van der Waals surface area (Å²) < 4.78 is 6.79. The van der Waals surface area contributed by atoms with Crippen molar-refractivity contribution in [3.05, 3.63) is 88.4 Å². The standard InChI is InChI=1S/C25H24BrN3O3/c1-17-7-10-21(11-8-17)29-15-19(13-24(29)30)25(31)28-27-22-14-20(26)9-12-23(22)32-16-18-5-3-2-4-6-18/h2-12,14,19,27H,13,15-16H2,1H3,(H,28,31)/t19-/m1/s1. The Balaban J connectivity index is 1.38. The first kappa shape index (κ1) is 21.9. The van der Waals surface area contributed by atoms with Gasteiger partial charge in [0.2, 0.25) is 11.8 Å². The first-order valence-electron chi connectivity index (χ1n) is 10.4. The molecule has 32 heavy (non-hydrogen) atoms. The molecule has 0 radical (unpaired) electrons. The fraction of sp³-hybridized carbons (Fsp3) is 0.200. The average molecular weight is 494 g/mol. The van der Waals surface area contributed by atoms with E-state index in [0.29, 0.717) is 24.6 Å². The predicted molar refractivity (Wildman–Crippen MR) is 128 cm³/mol. The zero-order chi connectivity index (χ0) is 22.5. The maximum Gasteiger partial charge on any atom is 0.243 e.